The van der Waals surface area contributed by atoms with E-state index in [0.29, 0.717) is 11.8 Å². The lowest BCUT2D eigenvalue weighted by Gasteiger charge is -2.67. The fourth-order valence-electron chi connectivity index (χ4n) is 10.3. The fraction of sp³-hybridized carbons (Fsp3) is 0.426. The van der Waals surface area contributed by atoms with Crippen LogP contribution in [0.25, 0.3) is 0 Å². The molecule has 7 rings (SSSR count). The van der Waals surface area contributed by atoms with Gasteiger partial charge in [0.2, 0.25) is 0 Å². The number of hydrogen-bond donors (Lipinski definition) is 5. The molecule has 4 aliphatic rings. The monoisotopic (exact) mass is 853 g/mol. The van der Waals surface area contributed by atoms with Crippen LogP contribution in [0.15, 0.2) is 114 Å². The average molecular weight is 854 g/mol. The number of aliphatic hydroxyl groups is 4. The van der Waals surface area contributed by atoms with Crippen molar-refractivity contribution < 1.29 is 68.2 Å². The maximum Gasteiger partial charge on any atom is 0.356 e. The second kappa shape index (κ2) is 17.2. The van der Waals surface area contributed by atoms with Crippen LogP contribution in [0.2, 0.25) is 0 Å². The number of Topliss-reactive ketones (excluding diaryl/α,β-unsaturated/α-hetero) is 1. The first kappa shape index (κ1) is 44.3. The molecule has 3 aromatic carbocycles. The fourth-order valence-corrected chi connectivity index (χ4v) is 10.3. The van der Waals surface area contributed by atoms with Crippen LogP contribution < -0.4 is 5.48 Å². The third kappa shape index (κ3) is 7.51. The molecule has 1 heterocycles. The molecule has 62 heavy (non-hydrogen) atoms. The zero-order valence-electron chi connectivity index (χ0n) is 34.9. The molecule has 12 unspecified atom stereocenters. The highest BCUT2D eigenvalue weighted by molar-refractivity contribution is 5.91. The zero-order chi connectivity index (χ0) is 44.7. The maximum absolute atomic E-state index is 15.1. The SMILES string of the molecule is CC(=O)OC1C(=CO)C2(C)C(O)CC3OCC3(OC(C)=O)C2C(OC(=O)c2ccccc2)C2(O)CC(C(=O)C(O)C(NOC(=O)c3ccccc3)c3ccccc3)C(C)=C1C2C. The summed E-state index contributed by atoms with van der Waals surface area (Å²) in [5.74, 6) is -8.08. The normalized spacial score (nSPS) is 32.9. The van der Waals surface area contributed by atoms with Crippen LogP contribution in [-0.4, -0.2) is 98.4 Å². The highest BCUT2D eigenvalue weighted by Gasteiger charge is 2.76. The van der Waals surface area contributed by atoms with Crippen LogP contribution in [-0.2, 0) is 38.2 Å². The number of ether oxygens (including phenoxy) is 4. The van der Waals surface area contributed by atoms with E-state index in [1.165, 1.54) is 31.2 Å². The quantitative estimate of drug-likeness (QED) is 0.0592. The van der Waals surface area contributed by atoms with E-state index >= 15 is 4.79 Å². The number of rotatable bonds is 11. The summed E-state index contributed by atoms with van der Waals surface area (Å²) in [5.41, 5.74) is -2.25. The summed E-state index contributed by atoms with van der Waals surface area (Å²) in [5, 5.41) is 49.3. The van der Waals surface area contributed by atoms with Crippen LogP contribution in [0.3, 0.4) is 0 Å². The van der Waals surface area contributed by atoms with E-state index in [1.807, 2.05) is 0 Å². The number of nitrogens with one attached hydrogen (secondary N) is 1. The van der Waals surface area contributed by atoms with Crippen LogP contribution in [0.1, 0.15) is 79.8 Å². The minimum absolute atomic E-state index is 0.0867. The van der Waals surface area contributed by atoms with E-state index in [2.05, 4.69) is 5.48 Å². The summed E-state index contributed by atoms with van der Waals surface area (Å²) in [7, 11) is 0. The minimum atomic E-state index is -2.32. The highest BCUT2D eigenvalue weighted by atomic mass is 16.7. The van der Waals surface area contributed by atoms with Gasteiger partial charge in [0.1, 0.15) is 36.1 Å². The van der Waals surface area contributed by atoms with Gasteiger partial charge in [-0.3, -0.25) is 14.4 Å². The Morgan fingerprint density at radius 3 is 1.98 bits per heavy atom. The van der Waals surface area contributed by atoms with E-state index in [1.54, 1.807) is 87.5 Å². The predicted octanol–water partition coefficient (Wildman–Crippen LogP) is 4.42. The molecule has 3 aliphatic carbocycles. The molecule has 0 radical (unpaired) electrons. The second-order valence-corrected chi connectivity index (χ2v) is 16.8. The molecule has 0 aromatic heterocycles. The lowest BCUT2D eigenvalue weighted by atomic mass is 9.45. The summed E-state index contributed by atoms with van der Waals surface area (Å²) in [4.78, 5) is 74.0. The molecule has 2 saturated carbocycles. The van der Waals surface area contributed by atoms with Crippen molar-refractivity contribution in [2.75, 3.05) is 6.61 Å². The minimum Gasteiger partial charge on any atom is -0.515 e. The largest absolute Gasteiger partial charge is 0.515 e. The Labute approximate surface area is 358 Å². The second-order valence-electron chi connectivity index (χ2n) is 16.8. The van der Waals surface area contributed by atoms with E-state index < -0.39 is 107 Å². The van der Waals surface area contributed by atoms with Gasteiger partial charge in [0.25, 0.3) is 0 Å². The molecule has 1 saturated heterocycles. The lowest BCUT2D eigenvalue weighted by molar-refractivity contribution is -0.343. The number of allylic oxidation sites excluding steroid dienone is 1. The molecule has 2 bridgehead atoms. The molecule has 328 valence electrons. The molecule has 0 spiro atoms. The average Bonchev–Trinajstić information content (AvgIpc) is 3.25. The van der Waals surface area contributed by atoms with Gasteiger partial charge in [0, 0.05) is 43.1 Å². The van der Waals surface area contributed by atoms with Gasteiger partial charge in [-0.2, -0.15) is 0 Å². The van der Waals surface area contributed by atoms with Gasteiger partial charge in [-0.25, -0.2) is 9.59 Å². The summed E-state index contributed by atoms with van der Waals surface area (Å²) in [6, 6.07) is 22.9. The van der Waals surface area contributed by atoms with Gasteiger partial charge in [-0.1, -0.05) is 86.2 Å². The number of hydrogen-bond acceptors (Lipinski definition) is 15. The number of benzene rings is 3. The van der Waals surface area contributed by atoms with Gasteiger partial charge in [0.15, 0.2) is 11.4 Å². The molecule has 3 aromatic rings. The number of carbonyl (C=O) groups is 5. The van der Waals surface area contributed by atoms with Crippen molar-refractivity contribution in [3.8, 4) is 0 Å². The Hall–Kier alpha value is -5.71. The lowest BCUT2D eigenvalue weighted by Crippen LogP contribution is -2.79. The third-order valence-electron chi connectivity index (χ3n) is 13.5. The Bertz CT molecular complexity index is 2260. The van der Waals surface area contributed by atoms with Gasteiger partial charge >= 0.3 is 23.9 Å². The molecular formula is C47H51NO14. The van der Waals surface area contributed by atoms with Crippen molar-refractivity contribution in [1.29, 1.82) is 0 Å². The number of esters is 3. The Morgan fingerprint density at radius 1 is 0.871 bits per heavy atom. The van der Waals surface area contributed by atoms with Crippen molar-refractivity contribution in [3.05, 3.63) is 131 Å². The smallest absolute Gasteiger partial charge is 0.356 e. The van der Waals surface area contributed by atoms with Crippen molar-refractivity contribution >= 4 is 29.7 Å². The van der Waals surface area contributed by atoms with Gasteiger partial charge in [0.05, 0.1) is 36.0 Å². The van der Waals surface area contributed by atoms with Crippen LogP contribution >= 0.6 is 0 Å². The molecule has 15 heteroatoms. The third-order valence-corrected chi connectivity index (χ3v) is 13.5. The number of fused-ring (bicyclic) bond motifs is 5. The number of carbonyl (C=O) groups excluding carboxylic acids is 5. The van der Waals surface area contributed by atoms with Crippen LogP contribution in [0.5, 0.6) is 0 Å². The Kier molecular flexibility index (Phi) is 12.3. The first-order valence-corrected chi connectivity index (χ1v) is 20.5. The van der Waals surface area contributed by atoms with E-state index in [4.69, 9.17) is 23.8 Å². The Morgan fingerprint density at radius 2 is 1.45 bits per heavy atom. The van der Waals surface area contributed by atoms with Crippen molar-refractivity contribution in [2.45, 2.75) is 95.2 Å². The van der Waals surface area contributed by atoms with E-state index in [9.17, 15) is 39.6 Å². The number of ketones is 1. The molecule has 1 aliphatic heterocycles. The molecule has 15 nitrogen and oxygen atoms in total. The first-order valence-electron chi connectivity index (χ1n) is 20.5. The van der Waals surface area contributed by atoms with Crippen molar-refractivity contribution in [3.63, 3.8) is 0 Å². The molecule has 0 amide bonds. The maximum atomic E-state index is 15.1. The first-order chi connectivity index (χ1) is 29.5. The molecule has 12 atom stereocenters. The van der Waals surface area contributed by atoms with Crippen molar-refractivity contribution in [1.82, 2.24) is 5.48 Å². The summed E-state index contributed by atoms with van der Waals surface area (Å²) < 4.78 is 24.5. The number of aliphatic hydroxyl groups excluding tert-OH is 3. The van der Waals surface area contributed by atoms with Crippen LogP contribution in [0.4, 0.5) is 0 Å². The standard InChI is InChI=1S/C47H51NO14/c1-25-32(38(53)39(54)37(29-15-9-6-10-16-29)48-62-44(56)31-19-13-8-14-20-31)22-46(57)26(2)36(25)40(59-27(3)50)33(23-49)45(5)34(52)21-35-47(24-58-35,61-28(4)51)41(45)42(46)60-43(55)30-17-11-7-12-18-30/h6-20,23,26,32,34-35,37,39-42,48-49,52,54,57H,21-22,24H2,1-5H3. The summed E-state index contributed by atoms with van der Waals surface area (Å²) in [6.45, 7) is 6.77. The van der Waals surface area contributed by atoms with Crippen molar-refractivity contribution in [2.24, 2.45) is 23.2 Å². The zero-order valence-corrected chi connectivity index (χ0v) is 34.9. The topological polar surface area (TPSA) is 224 Å². The highest BCUT2D eigenvalue weighted by Crippen LogP contribution is 2.64. The number of hydroxylamine groups is 1. The van der Waals surface area contributed by atoms with Crippen LogP contribution in [0, 0.1) is 23.2 Å². The van der Waals surface area contributed by atoms with Gasteiger partial charge < -0.3 is 44.2 Å². The summed E-state index contributed by atoms with van der Waals surface area (Å²) in [6.07, 6.45) is -7.61. The molecule has 3 fully saturated rings. The molecule has 5 N–H and O–H groups in total. The van der Waals surface area contributed by atoms with E-state index in [-0.39, 0.29) is 40.9 Å². The Balaban J connectivity index is 1.41. The predicted molar refractivity (Wildman–Crippen MR) is 218 cm³/mol. The van der Waals surface area contributed by atoms with Gasteiger partial charge in [-0.15, -0.1) is 5.48 Å². The molecular weight excluding hydrogens is 803 g/mol. The summed E-state index contributed by atoms with van der Waals surface area (Å²) >= 11 is 0. The van der Waals surface area contributed by atoms with E-state index in [0.717, 1.165) is 6.92 Å². The van der Waals surface area contributed by atoms with Gasteiger partial charge in [-0.05, 0) is 48.7 Å².